The number of imidazole rings is 1. The number of pyridine rings is 1. The molecule has 0 saturated carbocycles. The summed E-state index contributed by atoms with van der Waals surface area (Å²) in [7, 11) is 0. The van der Waals surface area contributed by atoms with E-state index in [2.05, 4.69) is 20.9 Å². The van der Waals surface area contributed by atoms with Crippen molar-refractivity contribution in [3.63, 3.8) is 0 Å². The molecule has 0 radical (unpaired) electrons. The Kier molecular flexibility index (Phi) is 3.88. The van der Waals surface area contributed by atoms with Crippen molar-refractivity contribution < 1.29 is 19.0 Å². The molecule has 2 N–H and O–H groups in total. The molecule has 0 amide bonds. The number of hydrogen-bond acceptors (Lipinski definition) is 3. The lowest BCUT2D eigenvalue weighted by Crippen LogP contribution is -1.90. The Balaban J connectivity index is 2.09. The van der Waals surface area contributed by atoms with Crippen molar-refractivity contribution in [1.82, 2.24) is 9.38 Å². The molecule has 0 spiro atoms. The average Bonchev–Trinajstić information content (AvgIpc) is 3.00. The van der Waals surface area contributed by atoms with Crippen molar-refractivity contribution in [2.75, 3.05) is 0 Å². The molecule has 2 aromatic carbocycles. The molecule has 0 aliphatic carbocycles. The third-order valence-electron chi connectivity index (χ3n) is 4.09. The molecule has 26 heavy (non-hydrogen) atoms. The minimum absolute atomic E-state index is 0.0785. The van der Waals surface area contributed by atoms with Gasteiger partial charge in [-0.2, -0.15) is 0 Å². The fourth-order valence-corrected chi connectivity index (χ4v) is 3.20. The van der Waals surface area contributed by atoms with Crippen molar-refractivity contribution in [2.24, 2.45) is 0 Å². The number of halogens is 3. The van der Waals surface area contributed by atoms with Gasteiger partial charge < -0.3 is 10.2 Å². The van der Waals surface area contributed by atoms with Gasteiger partial charge in [-0.15, -0.1) is 0 Å². The van der Waals surface area contributed by atoms with Gasteiger partial charge in [0.1, 0.15) is 23.1 Å². The summed E-state index contributed by atoms with van der Waals surface area (Å²) in [5, 5.41) is 20.4. The second-order valence-electron chi connectivity index (χ2n) is 5.63. The van der Waals surface area contributed by atoms with Gasteiger partial charge in [-0.3, -0.25) is 4.40 Å². The number of phenols is 2. The molecule has 0 aliphatic heterocycles. The van der Waals surface area contributed by atoms with Gasteiger partial charge in [0.2, 0.25) is 0 Å². The predicted molar refractivity (Wildman–Crippen MR) is 97.0 cm³/mol. The quantitative estimate of drug-likeness (QED) is 0.476. The van der Waals surface area contributed by atoms with E-state index in [4.69, 9.17) is 0 Å². The summed E-state index contributed by atoms with van der Waals surface area (Å²) in [6.45, 7) is 0. The van der Waals surface area contributed by atoms with E-state index in [1.807, 2.05) is 0 Å². The van der Waals surface area contributed by atoms with Crippen LogP contribution in [0.1, 0.15) is 0 Å². The molecule has 4 rings (SSSR count). The number of phenolic OH excluding ortho intramolecular Hbond substituents is 2. The maximum atomic E-state index is 14.5. The first-order chi connectivity index (χ1) is 12.5. The van der Waals surface area contributed by atoms with Crippen molar-refractivity contribution in [2.45, 2.75) is 0 Å². The summed E-state index contributed by atoms with van der Waals surface area (Å²) < 4.78 is 30.2. The maximum absolute atomic E-state index is 14.5. The lowest BCUT2D eigenvalue weighted by Gasteiger charge is -2.06. The van der Waals surface area contributed by atoms with Gasteiger partial charge in [0, 0.05) is 6.20 Å². The Morgan fingerprint density at radius 1 is 0.885 bits per heavy atom. The van der Waals surface area contributed by atoms with Crippen LogP contribution < -0.4 is 0 Å². The van der Waals surface area contributed by atoms with Crippen LogP contribution in [-0.2, 0) is 0 Å². The number of aromatic nitrogens is 2. The van der Waals surface area contributed by atoms with Crippen molar-refractivity contribution in [3.05, 3.63) is 70.8 Å². The van der Waals surface area contributed by atoms with Crippen LogP contribution in [-0.4, -0.2) is 19.6 Å². The monoisotopic (exact) mass is 416 g/mol. The molecule has 0 unspecified atom stereocenters. The fourth-order valence-electron chi connectivity index (χ4n) is 2.87. The lowest BCUT2D eigenvalue weighted by molar-refractivity contribution is 0.434. The summed E-state index contributed by atoms with van der Waals surface area (Å²) in [6.07, 6.45) is 1.67. The SMILES string of the molecule is Oc1c(F)cccc1-c1nc(-c2c(F)ccc(Br)c2O)c2ccccn12. The molecule has 0 fully saturated rings. The lowest BCUT2D eigenvalue weighted by atomic mass is 10.1. The Hall–Kier alpha value is -2.93. The molecule has 4 nitrogen and oxygen atoms in total. The van der Waals surface area contributed by atoms with Crippen LogP contribution in [0, 0.1) is 11.6 Å². The maximum Gasteiger partial charge on any atom is 0.165 e. The van der Waals surface area contributed by atoms with Crippen LogP contribution in [0.25, 0.3) is 28.2 Å². The number of fused-ring (bicyclic) bond motifs is 1. The minimum Gasteiger partial charge on any atom is -0.506 e. The normalized spacial score (nSPS) is 11.2. The highest BCUT2D eigenvalue weighted by atomic mass is 79.9. The van der Waals surface area contributed by atoms with Crippen LogP contribution in [0.15, 0.2) is 59.2 Å². The van der Waals surface area contributed by atoms with Gasteiger partial charge in [-0.25, -0.2) is 13.8 Å². The largest absolute Gasteiger partial charge is 0.506 e. The molecular formula is C19H11BrF2N2O2. The van der Waals surface area contributed by atoms with Gasteiger partial charge in [0.05, 0.1) is 21.1 Å². The fraction of sp³-hybridized carbons (Fsp3) is 0. The van der Waals surface area contributed by atoms with Crippen LogP contribution in [0.3, 0.4) is 0 Å². The second kappa shape index (κ2) is 6.10. The molecule has 0 saturated heterocycles. The summed E-state index contributed by atoms with van der Waals surface area (Å²) >= 11 is 3.17. The van der Waals surface area contributed by atoms with E-state index in [0.717, 1.165) is 6.07 Å². The van der Waals surface area contributed by atoms with Crippen molar-refractivity contribution in [1.29, 1.82) is 0 Å². The van der Waals surface area contributed by atoms with Crippen LogP contribution in [0.5, 0.6) is 11.5 Å². The highest BCUT2D eigenvalue weighted by Crippen LogP contribution is 2.41. The van der Waals surface area contributed by atoms with Gasteiger partial charge in [-0.1, -0.05) is 12.1 Å². The summed E-state index contributed by atoms with van der Waals surface area (Å²) in [6, 6.07) is 11.9. The smallest absolute Gasteiger partial charge is 0.165 e. The standard InChI is InChI=1S/C19H11BrF2N2O2/c20-11-7-8-12(21)15(18(11)26)16-14-6-1-2-9-24(14)19(23-16)10-4-3-5-13(22)17(10)25/h1-9,25-26H. The third-order valence-corrected chi connectivity index (χ3v) is 4.73. The zero-order valence-electron chi connectivity index (χ0n) is 13.1. The zero-order valence-corrected chi connectivity index (χ0v) is 14.7. The minimum atomic E-state index is -0.784. The summed E-state index contributed by atoms with van der Waals surface area (Å²) in [4.78, 5) is 4.41. The number of para-hydroxylation sites is 1. The molecular weight excluding hydrogens is 406 g/mol. The Morgan fingerprint density at radius 3 is 2.50 bits per heavy atom. The molecule has 7 heteroatoms. The molecule has 0 bridgehead atoms. The van der Waals surface area contributed by atoms with E-state index in [1.165, 1.54) is 24.3 Å². The topological polar surface area (TPSA) is 57.8 Å². The van der Waals surface area contributed by atoms with E-state index in [0.29, 0.717) is 9.99 Å². The van der Waals surface area contributed by atoms with E-state index >= 15 is 0 Å². The highest BCUT2D eigenvalue weighted by molar-refractivity contribution is 9.10. The number of aromatic hydroxyl groups is 2. The molecule has 130 valence electrons. The number of rotatable bonds is 2. The van der Waals surface area contributed by atoms with E-state index in [-0.39, 0.29) is 28.4 Å². The molecule has 4 aromatic rings. The Morgan fingerprint density at radius 2 is 1.69 bits per heavy atom. The Labute approximate surface area is 155 Å². The number of benzene rings is 2. The predicted octanol–water partition coefficient (Wildman–Crippen LogP) is 5.12. The molecule has 2 heterocycles. The molecule has 0 atom stereocenters. The third kappa shape index (κ3) is 2.43. The second-order valence-corrected chi connectivity index (χ2v) is 6.48. The van der Waals surface area contributed by atoms with E-state index in [1.54, 1.807) is 28.8 Å². The average molecular weight is 417 g/mol. The Bertz CT molecular complexity index is 1160. The van der Waals surface area contributed by atoms with Crippen molar-refractivity contribution in [3.8, 4) is 34.1 Å². The molecule has 0 aliphatic rings. The zero-order chi connectivity index (χ0) is 18.4. The first kappa shape index (κ1) is 16.5. The first-order valence-electron chi connectivity index (χ1n) is 7.61. The van der Waals surface area contributed by atoms with E-state index < -0.39 is 17.4 Å². The first-order valence-corrected chi connectivity index (χ1v) is 8.40. The number of hydrogen-bond donors (Lipinski definition) is 2. The van der Waals surface area contributed by atoms with Crippen LogP contribution in [0.4, 0.5) is 8.78 Å². The summed E-state index contributed by atoms with van der Waals surface area (Å²) in [5.74, 6) is -2.04. The van der Waals surface area contributed by atoms with E-state index in [9.17, 15) is 19.0 Å². The number of nitrogens with zero attached hydrogens (tertiary/aromatic N) is 2. The van der Waals surface area contributed by atoms with Gasteiger partial charge in [0.25, 0.3) is 0 Å². The highest BCUT2D eigenvalue weighted by Gasteiger charge is 2.23. The van der Waals surface area contributed by atoms with Gasteiger partial charge in [-0.05, 0) is 52.3 Å². The van der Waals surface area contributed by atoms with Crippen LogP contribution >= 0.6 is 15.9 Å². The van der Waals surface area contributed by atoms with Gasteiger partial charge >= 0.3 is 0 Å². The molecule has 2 aromatic heterocycles. The van der Waals surface area contributed by atoms with Crippen LogP contribution in [0.2, 0.25) is 0 Å². The van der Waals surface area contributed by atoms with Gasteiger partial charge in [0.15, 0.2) is 11.6 Å². The summed E-state index contributed by atoms with van der Waals surface area (Å²) in [5.41, 5.74) is 0.761. The van der Waals surface area contributed by atoms with Crippen molar-refractivity contribution >= 4 is 21.4 Å².